The van der Waals surface area contributed by atoms with Crippen LogP contribution in [0.15, 0.2) is 18.2 Å². The van der Waals surface area contributed by atoms with Gasteiger partial charge in [-0.3, -0.25) is 9.69 Å². The molecule has 26 heavy (non-hydrogen) atoms. The fourth-order valence-corrected chi connectivity index (χ4v) is 4.02. The van der Waals surface area contributed by atoms with E-state index in [1.54, 1.807) is 12.1 Å². The Hall–Kier alpha value is -2.37. The van der Waals surface area contributed by atoms with Crippen molar-refractivity contribution in [1.29, 1.82) is 0 Å². The second-order valence-corrected chi connectivity index (χ2v) is 7.55. The fourth-order valence-electron chi connectivity index (χ4n) is 4.02. The minimum Gasteiger partial charge on any atom is -0.425 e. The van der Waals surface area contributed by atoms with Crippen LogP contribution in [-0.4, -0.2) is 34.9 Å². The lowest BCUT2D eigenvalue weighted by Crippen LogP contribution is -2.49. The van der Waals surface area contributed by atoms with E-state index in [0.29, 0.717) is 24.5 Å². The van der Waals surface area contributed by atoms with Crippen molar-refractivity contribution >= 4 is 17.9 Å². The molecule has 1 saturated carbocycles. The van der Waals surface area contributed by atoms with Crippen molar-refractivity contribution in [2.45, 2.75) is 58.4 Å². The van der Waals surface area contributed by atoms with E-state index in [9.17, 15) is 14.4 Å². The Morgan fingerprint density at radius 1 is 1.19 bits per heavy atom. The number of amides is 3. The summed E-state index contributed by atoms with van der Waals surface area (Å²) < 4.78 is 5.33. The molecule has 0 atom stereocenters. The van der Waals surface area contributed by atoms with E-state index in [1.165, 1.54) is 0 Å². The Morgan fingerprint density at radius 3 is 2.38 bits per heavy atom. The van der Waals surface area contributed by atoms with Gasteiger partial charge < -0.3 is 10.1 Å². The largest absolute Gasteiger partial charge is 0.425 e. The molecule has 3 rings (SSSR count). The Labute approximate surface area is 153 Å². The zero-order valence-electron chi connectivity index (χ0n) is 15.6. The van der Waals surface area contributed by atoms with E-state index in [4.69, 9.17) is 4.74 Å². The van der Waals surface area contributed by atoms with E-state index in [1.807, 2.05) is 19.9 Å². The quantitative estimate of drug-likeness (QED) is 0.510. The normalized spacial score (nSPS) is 25.5. The number of hydrogen-bond donors (Lipinski definition) is 1. The van der Waals surface area contributed by atoms with Crippen LogP contribution in [0.2, 0.25) is 0 Å². The standard InChI is InChI=1S/C20H26N2O4/c1-4-15-5-7-20(8-6-15)18(24)22(19(25)21-20)12-17(23)26-16-10-13(2)9-14(3)11-16/h9-11,15H,4-8,12H2,1-3H3,(H,21,25). The van der Waals surface area contributed by atoms with Gasteiger partial charge in [-0.25, -0.2) is 9.59 Å². The molecule has 2 fully saturated rings. The second kappa shape index (κ2) is 7.09. The number of carbonyl (C=O) groups excluding carboxylic acids is 3. The van der Waals surface area contributed by atoms with Gasteiger partial charge in [0.2, 0.25) is 0 Å². The summed E-state index contributed by atoms with van der Waals surface area (Å²) in [6, 6.07) is 4.99. The van der Waals surface area contributed by atoms with Crippen molar-refractivity contribution < 1.29 is 19.1 Å². The molecule has 2 aliphatic rings. The summed E-state index contributed by atoms with van der Waals surface area (Å²) in [5.74, 6) is 0.124. The first-order valence-corrected chi connectivity index (χ1v) is 9.26. The monoisotopic (exact) mass is 358 g/mol. The molecule has 6 nitrogen and oxygen atoms in total. The number of carbonyl (C=O) groups is 3. The first-order chi connectivity index (χ1) is 12.3. The van der Waals surface area contributed by atoms with Crippen LogP contribution in [-0.2, 0) is 9.59 Å². The SMILES string of the molecule is CCC1CCC2(CC1)NC(=O)N(CC(=O)Oc1cc(C)cc(C)c1)C2=O. The first kappa shape index (κ1) is 18.4. The highest BCUT2D eigenvalue weighted by Gasteiger charge is 2.52. The van der Waals surface area contributed by atoms with Crippen LogP contribution < -0.4 is 10.1 Å². The van der Waals surface area contributed by atoms with Crippen LogP contribution in [0.25, 0.3) is 0 Å². The smallest absolute Gasteiger partial charge is 0.331 e. The summed E-state index contributed by atoms with van der Waals surface area (Å²) in [4.78, 5) is 38.4. The molecule has 1 spiro atoms. The minimum absolute atomic E-state index is 0.297. The Kier molecular flexibility index (Phi) is 5.03. The van der Waals surface area contributed by atoms with Gasteiger partial charge in [-0.15, -0.1) is 0 Å². The van der Waals surface area contributed by atoms with Crippen LogP contribution in [0.1, 0.15) is 50.2 Å². The molecule has 1 aromatic carbocycles. The third kappa shape index (κ3) is 3.59. The van der Waals surface area contributed by atoms with Gasteiger partial charge >= 0.3 is 12.0 Å². The average molecular weight is 358 g/mol. The zero-order valence-corrected chi connectivity index (χ0v) is 15.6. The Morgan fingerprint density at radius 2 is 1.81 bits per heavy atom. The minimum atomic E-state index is -0.830. The van der Waals surface area contributed by atoms with Crippen LogP contribution in [0, 0.1) is 19.8 Å². The lowest BCUT2D eigenvalue weighted by molar-refractivity contribution is -0.141. The molecule has 1 saturated heterocycles. The molecule has 1 aliphatic carbocycles. The maximum atomic E-state index is 12.8. The average Bonchev–Trinajstić information content (AvgIpc) is 2.79. The van der Waals surface area contributed by atoms with Crippen LogP contribution >= 0.6 is 0 Å². The van der Waals surface area contributed by atoms with Gasteiger partial charge in [0.05, 0.1) is 0 Å². The molecule has 6 heteroatoms. The summed E-state index contributed by atoms with van der Waals surface area (Å²) in [5, 5.41) is 2.83. The van der Waals surface area contributed by atoms with Crippen molar-refractivity contribution in [2.75, 3.05) is 6.54 Å². The fraction of sp³-hybridized carbons (Fsp3) is 0.550. The summed E-state index contributed by atoms with van der Waals surface area (Å²) in [6.45, 7) is 5.61. The highest BCUT2D eigenvalue weighted by molar-refractivity contribution is 6.08. The molecular weight excluding hydrogens is 332 g/mol. The summed E-state index contributed by atoms with van der Waals surface area (Å²) in [6.07, 6.45) is 4.20. The molecule has 0 aromatic heterocycles. The van der Waals surface area contributed by atoms with Crippen molar-refractivity contribution in [1.82, 2.24) is 10.2 Å². The molecule has 1 heterocycles. The predicted octanol–water partition coefficient (Wildman–Crippen LogP) is 3.10. The molecule has 0 radical (unpaired) electrons. The van der Waals surface area contributed by atoms with E-state index in [0.717, 1.165) is 35.3 Å². The number of aryl methyl sites for hydroxylation is 2. The Bertz CT molecular complexity index is 715. The van der Waals surface area contributed by atoms with E-state index in [-0.39, 0.29) is 12.5 Å². The van der Waals surface area contributed by atoms with Gasteiger partial charge in [-0.2, -0.15) is 0 Å². The lowest BCUT2D eigenvalue weighted by atomic mass is 9.75. The zero-order chi connectivity index (χ0) is 18.9. The third-order valence-electron chi connectivity index (χ3n) is 5.50. The number of ether oxygens (including phenoxy) is 1. The molecule has 0 bridgehead atoms. The number of nitrogens with one attached hydrogen (secondary N) is 1. The number of benzene rings is 1. The van der Waals surface area contributed by atoms with Gasteiger partial charge in [0.15, 0.2) is 0 Å². The number of esters is 1. The molecule has 140 valence electrons. The number of urea groups is 1. The van der Waals surface area contributed by atoms with Crippen LogP contribution in [0.5, 0.6) is 5.75 Å². The van der Waals surface area contributed by atoms with Crippen molar-refractivity contribution in [3.8, 4) is 5.75 Å². The van der Waals surface area contributed by atoms with Gasteiger partial charge in [0, 0.05) is 0 Å². The summed E-state index contributed by atoms with van der Waals surface area (Å²) >= 11 is 0. The van der Waals surface area contributed by atoms with E-state index < -0.39 is 17.5 Å². The number of hydrogen-bond acceptors (Lipinski definition) is 4. The van der Waals surface area contributed by atoms with Crippen molar-refractivity contribution in [2.24, 2.45) is 5.92 Å². The third-order valence-corrected chi connectivity index (χ3v) is 5.50. The molecule has 1 aliphatic heterocycles. The molecule has 3 amide bonds. The Balaban J connectivity index is 1.65. The second-order valence-electron chi connectivity index (χ2n) is 7.55. The lowest BCUT2D eigenvalue weighted by Gasteiger charge is -2.34. The highest BCUT2D eigenvalue weighted by Crippen LogP contribution is 2.37. The number of nitrogens with zero attached hydrogens (tertiary/aromatic N) is 1. The molecular formula is C20H26N2O4. The number of rotatable bonds is 4. The van der Waals surface area contributed by atoms with Gasteiger partial charge in [-0.05, 0) is 68.7 Å². The molecule has 0 unspecified atom stereocenters. The van der Waals surface area contributed by atoms with E-state index >= 15 is 0 Å². The number of imide groups is 1. The van der Waals surface area contributed by atoms with Crippen molar-refractivity contribution in [3.05, 3.63) is 29.3 Å². The van der Waals surface area contributed by atoms with Gasteiger partial charge in [0.1, 0.15) is 17.8 Å². The molecule has 1 N–H and O–H groups in total. The maximum Gasteiger partial charge on any atom is 0.331 e. The maximum absolute atomic E-state index is 12.8. The predicted molar refractivity (Wildman–Crippen MR) is 96.8 cm³/mol. The molecule has 1 aromatic rings. The summed E-state index contributed by atoms with van der Waals surface area (Å²) in [5.41, 5.74) is 1.13. The van der Waals surface area contributed by atoms with E-state index in [2.05, 4.69) is 12.2 Å². The van der Waals surface area contributed by atoms with Gasteiger partial charge in [-0.1, -0.05) is 19.4 Å². The topological polar surface area (TPSA) is 75.7 Å². The van der Waals surface area contributed by atoms with Crippen LogP contribution in [0.4, 0.5) is 4.79 Å². The first-order valence-electron chi connectivity index (χ1n) is 9.26. The highest BCUT2D eigenvalue weighted by atomic mass is 16.5. The van der Waals surface area contributed by atoms with Crippen LogP contribution in [0.3, 0.4) is 0 Å². The van der Waals surface area contributed by atoms with Gasteiger partial charge in [0.25, 0.3) is 5.91 Å². The van der Waals surface area contributed by atoms with Crippen molar-refractivity contribution in [3.63, 3.8) is 0 Å². The summed E-state index contributed by atoms with van der Waals surface area (Å²) in [7, 11) is 0.